The van der Waals surface area contributed by atoms with Gasteiger partial charge in [0.15, 0.2) is 0 Å². The molecule has 0 aliphatic carbocycles. The first-order chi connectivity index (χ1) is 20.6. The van der Waals surface area contributed by atoms with Crippen molar-refractivity contribution in [3.05, 3.63) is 59.9 Å². The van der Waals surface area contributed by atoms with Crippen LogP contribution in [0.3, 0.4) is 0 Å². The molecule has 224 valence electrons. The summed E-state index contributed by atoms with van der Waals surface area (Å²) in [4.78, 5) is 51.7. The SMILES string of the molecule is CCN(CC)C(C(=O)N1CCC[C@H]1c1ncc(-c2cnc([C@@H]3CCCN3C(=O)N3CCOCC3)[nH]2)[nH]1)c1ccccc1. The first kappa shape index (κ1) is 28.4. The Morgan fingerprint density at radius 1 is 0.881 bits per heavy atom. The van der Waals surface area contributed by atoms with Gasteiger partial charge in [0, 0.05) is 26.2 Å². The van der Waals surface area contributed by atoms with Gasteiger partial charge in [-0.1, -0.05) is 44.2 Å². The fraction of sp³-hybridized carbons (Fsp3) is 0.548. The molecule has 2 aromatic heterocycles. The molecule has 0 radical (unpaired) electrons. The van der Waals surface area contributed by atoms with Gasteiger partial charge < -0.3 is 29.4 Å². The van der Waals surface area contributed by atoms with Crippen LogP contribution in [0, 0.1) is 0 Å². The number of ether oxygens (including phenoxy) is 1. The van der Waals surface area contributed by atoms with Gasteiger partial charge in [0.2, 0.25) is 5.91 Å². The summed E-state index contributed by atoms with van der Waals surface area (Å²) in [5.41, 5.74) is 2.68. The van der Waals surface area contributed by atoms with Gasteiger partial charge in [-0.05, 0) is 44.3 Å². The lowest BCUT2D eigenvalue weighted by atomic mass is 10.0. The van der Waals surface area contributed by atoms with E-state index in [4.69, 9.17) is 9.72 Å². The molecule has 3 fully saturated rings. The smallest absolute Gasteiger partial charge is 0.320 e. The van der Waals surface area contributed by atoms with Gasteiger partial charge >= 0.3 is 6.03 Å². The Morgan fingerprint density at radius 2 is 1.45 bits per heavy atom. The summed E-state index contributed by atoms with van der Waals surface area (Å²) in [6.07, 6.45) is 7.27. The number of benzene rings is 1. The van der Waals surface area contributed by atoms with E-state index < -0.39 is 0 Å². The zero-order chi connectivity index (χ0) is 29.1. The second-order valence-electron chi connectivity index (χ2n) is 11.3. The number of rotatable bonds is 8. The Labute approximate surface area is 247 Å². The van der Waals surface area contributed by atoms with E-state index in [2.05, 4.69) is 33.7 Å². The number of aromatic amines is 2. The molecule has 0 bridgehead atoms. The van der Waals surface area contributed by atoms with Gasteiger partial charge in [0.05, 0.1) is 49.1 Å². The highest BCUT2D eigenvalue weighted by molar-refractivity contribution is 5.84. The largest absolute Gasteiger partial charge is 0.378 e. The third-order valence-corrected chi connectivity index (χ3v) is 8.96. The fourth-order valence-corrected chi connectivity index (χ4v) is 6.71. The molecule has 42 heavy (non-hydrogen) atoms. The number of amides is 3. The van der Waals surface area contributed by atoms with Crippen molar-refractivity contribution in [1.82, 2.24) is 39.5 Å². The van der Waals surface area contributed by atoms with E-state index in [1.807, 2.05) is 57.4 Å². The predicted molar refractivity (Wildman–Crippen MR) is 158 cm³/mol. The lowest BCUT2D eigenvalue weighted by molar-refractivity contribution is -0.138. The Bertz CT molecular complexity index is 1350. The highest BCUT2D eigenvalue weighted by atomic mass is 16.5. The van der Waals surface area contributed by atoms with Gasteiger partial charge in [0.1, 0.15) is 17.7 Å². The molecule has 3 aliphatic rings. The summed E-state index contributed by atoms with van der Waals surface area (Å²) in [7, 11) is 0. The molecule has 0 spiro atoms. The third-order valence-electron chi connectivity index (χ3n) is 8.96. The van der Waals surface area contributed by atoms with Crippen molar-refractivity contribution >= 4 is 11.9 Å². The first-order valence-corrected chi connectivity index (χ1v) is 15.4. The number of carbonyl (C=O) groups excluding carboxylic acids is 2. The molecule has 3 amide bonds. The number of carbonyl (C=O) groups is 2. The zero-order valence-electron chi connectivity index (χ0n) is 24.7. The third kappa shape index (κ3) is 5.55. The first-order valence-electron chi connectivity index (χ1n) is 15.4. The molecule has 11 heteroatoms. The Morgan fingerprint density at radius 3 is 2.05 bits per heavy atom. The standard InChI is InChI=1S/C31H42N8O3/c1-3-36(4-2)27(22-10-6-5-7-11-22)30(40)38-14-8-12-25(38)28-32-20-23(34-28)24-21-33-29(35-24)26-13-9-15-39(26)31(41)37-16-18-42-19-17-37/h5-7,10-11,20-21,25-27H,3-4,8-9,12-19H2,1-2H3,(H,32,34)(H,33,35)/t25-,26-,27?/m0/s1. The van der Waals surface area contributed by atoms with Crippen LogP contribution in [-0.4, -0.2) is 104 Å². The van der Waals surface area contributed by atoms with Crippen LogP contribution < -0.4 is 0 Å². The quantitative estimate of drug-likeness (QED) is 0.418. The lowest BCUT2D eigenvalue weighted by Gasteiger charge is -2.34. The molecule has 3 atom stereocenters. The number of likely N-dealkylation sites (N-methyl/N-ethyl adjacent to an activating group) is 1. The van der Waals surface area contributed by atoms with Crippen molar-refractivity contribution in [3.63, 3.8) is 0 Å². The van der Waals surface area contributed by atoms with Crippen molar-refractivity contribution in [2.75, 3.05) is 52.5 Å². The summed E-state index contributed by atoms with van der Waals surface area (Å²) in [6.45, 7) is 9.68. The van der Waals surface area contributed by atoms with E-state index >= 15 is 0 Å². The van der Waals surface area contributed by atoms with Crippen molar-refractivity contribution < 1.29 is 14.3 Å². The van der Waals surface area contributed by atoms with Crippen molar-refractivity contribution in [3.8, 4) is 11.4 Å². The predicted octanol–water partition coefficient (Wildman–Crippen LogP) is 4.14. The summed E-state index contributed by atoms with van der Waals surface area (Å²) in [5.74, 6) is 1.71. The molecule has 3 saturated heterocycles. The maximum absolute atomic E-state index is 14.1. The van der Waals surface area contributed by atoms with Crippen molar-refractivity contribution in [2.24, 2.45) is 0 Å². The Kier molecular flexibility index (Phi) is 8.57. The van der Waals surface area contributed by atoms with Crippen LogP contribution in [-0.2, 0) is 9.53 Å². The highest BCUT2D eigenvalue weighted by Gasteiger charge is 2.38. The van der Waals surface area contributed by atoms with Gasteiger partial charge in [-0.15, -0.1) is 0 Å². The molecular formula is C31H42N8O3. The van der Waals surface area contributed by atoms with Crippen molar-refractivity contribution in [2.45, 2.75) is 57.7 Å². The average molecular weight is 575 g/mol. The molecule has 6 rings (SSSR count). The van der Waals surface area contributed by atoms with Crippen LogP contribution in [0.1, 0.15) is 74.9 Å². The fourth-order valence-electron chi connectivity index (χ4n) is 6.71. The van der Waals surface area contributed by atoms with Crippen LogP contribution in [0.2, 0.25) is 0 Å². The molecule has 3 aliphatic heterocycles. The molecule has 5 heterocycles. The van der Waals surface area contributed by atoms with Gasteiger partial charge in [-0.2, -0.15) is 0 Å². The maximum atomic E-state index is 14.1. The van der Waals surface area contributed by atoms with E-state index in [0.717, 1.165) is 73.9 Å². The number of hydrogen-bond donors (Lipinski definition) is 2. The van der Waals surface area contributed by atoms with Gasteiger partial charge in [-0.3, -0.25) is 9.69 Å². The summed E-state index contributed by atoms with van der Waals surface area (Å²) >= 11 is 0. The molecule has 11 nitrogen and oxygen atoms in total. The number of aromatic nitrogens is 4. The van der Waals surface area contributed by atoms with Crippen LogP contribution in [0.25, 0.3) is 11.4 Å². The van der Waals surface area contributed by atoms with E-state index in [1.54, 1.807) is 0 Å². The summed E-state index contributed by atoms with van der Waals surface area (Å²) in [6, 6.07) is 9.65. The van der Waals surface area contributed by atoms with E-state index in [0.29, 0.717) is 32.8 Å². The lowest BCUT2D eigenvalue weighted by Crippen LogP contribution is -2.48. The monoisotopic (exact) mass is 574 g/mol. The molecule has 3 aromatic rings. The zero-order valence-corrected chi connectivity index (χ0v) is 24.7. The number of hydrogen-bond acceptors (Lipinski definition) is 6. The maximum Gasteiger partial charge on any atom is 0.320 e. The van der Waals surface area contributed by atoms with Crippen LogP contribution in [0.5, 0.6) is 0 Å². The van der Waals surface area contributed by atoms with E-state index in [9.17, 15) is 9.59 Å². The Hall–Kier alpha value is -3.70. The minimum Gasteiger partial charge on any atom is -0.378 e. The van der Waals surface area contributed by atoms with Gasteiger partial charge in [-0.25, -0.2) is 14.8 Å². The van der Waals surface area contributed by atoms with Crippen molar-refractivity contribution in [1.29, 1.82) is 0 Å². The summed E-state index contributed by atoms with van der Waals surface area (Å²) < 4.78 is 5.42. The normalized spacial score (nSPS) is 21.8. The molecule has 1 aromatic carbocycles. The average Bonchev–Trinajstić information content (AvgIpc) is 3.85. The Balaban J connectivity index is 1.18. The number of imidazole rings is 2. The second-order valence-corrected chi connectivity index (χ2v) is 11.3. The second kappa shape index (κ2) is 12.7. The number of urea groups is 1. The topological polar surface area (TPSA) is 114 Å². The number of H-pyrrole nitrogens is 2. The molecule has 0 saturated carbocycles. The number of nitrogens with zero attached hydrogens (tertiary/aromatic N) is 6. The number of morpholine rings is 1. The minimum absolute atomic E-state index is 0.0621. The minimum atomic E-state index is -0.319. The number of likely N-dealkylation sites (tertiary alicyclic amines) is 2. The van der Waals surface area contributed by atoms with Crippen LogP contribution in [0.15, 0.2) is 42.7 Å². The molecule has 1 unspecified atom stereocenters. The summed E-state index contributed by atoms with van der Waals surface area (Å²) in [5, 5.41) is 0. The van der Waals surface area contributed by atoms with Gasteiger partial charge in [0.25, 0.3) is 0 Å². The highest BCUT2D eigenvalue weighted by Crippen LogP contribution is 2.36. The van der Waals surface area contributed by atoms with E-state index in [-0.39, 0.29) is 30.1 Å². The van der Waals surface area contributed by atoms with Crippen LogP contribution >= 0.6 is 0 Å². The number of nitrogens with one attached hydrogen (secondary N) is 2. The molecule has 2 N–H and O–H groups in total. The van der Waals surface area contributed by atoms with Crippen LogP contribution in [0.4, 0.5) is 4.79 Å². The molecular weight excluding hydrogens is 532 g/mol. The van der Waals surface area contributed by atoms with E-state index in [1.165, 1.54) is 0 Å².